The van der Waals surface area contributed by atoms with Crippen molar-refractivity contribution in [3.63, 3.8) is 0 Å². The van der Waals surface area contributed by atoms with Crippen molar-refractivity contribution in [3.05, 3.63) is 66.2 Å². The average Bonchev–Trinajstić information content (AvgIpc) is 2.77. The van der Waals surface area contributed by atoms with Crippen molar-refractivity contribution >= 4 is 44.6 Å². The van der Waals surface area contributed by atoms with Gasteiger partial charge in [0.25, 0.3) is 0 Å². The summed E-state index contributed by atoms with van der Waals surface area (Å²) in [6, 6.07) is 16.6. The van der Waals surface area contributed by atoms with Crippen LogP contribution in [0, 0.1) is 6.92 Å². The zero-order chi connectivity index (χ0) is 28.5. The monoisotopic (exact) mass is 544 g/mol. The van der Waals surface area contributed by atoms with Crippen LogP contribution in [0.5, 0.6) is 5.75 Å². The lowest BCUT2D eigenvalue weighted by Crippen LogP contribution is -2.72. The van der Waals surface area contributed by atoms with Gasteiger partial charge in [-0.2, -0.15) is 0 Å². The molecule has 12 heteroatoms. The first-order chi connectivity index (χ1) is 17.6. The van der Waals surface area contributed by atoms with Crippen molar-refractivity contribution in [1.29, 1.82) is 0 Å². The van der Waals surface area contributed by atoms with Crippen LogP contribution in [-0.4, -0.2) is 43.1 Å². The molecular formula is C26H32N4O7S. The van der Waals surface area contributed by atoms with Gasteiger partial charge in [0.05, 0.1) is 17.0 Å². The number of guanidine groups is 1. The van der Waals surface area contributed by atoms with Gasteiger partial charge in [0, 0.05) is 11.9 Å². The summed E-state index contributed by atoms with van der Waals surface area (Å²) in [7, 11) is -4.27. The Morgan fingerprint density at radius 3 is 2.26 bits per heavy atom. The molecule has 3 rings (SSSR count). The minimum absolute atomic E-state index is 0.0218. The number of carbonyl (C=O) groups excluding carboxylic acids is 2. The van der Waals surface area contributed by atoms with Gasteiger partial charge in [0.1, 0.15) is 21.5 Å². The van der Waals surface area contributed by atoms with E-state index in [1.54, 1.807) is 51.1 Å². The number of alkyl carbamates (subject to hydrolysis) is 1. The third-order valence-electron chi connectivity index (χ3n) is 4.66. The van der Waals surface area contributed by atoms with Gasteiger partial charge in [-0.1, -0.05) is 29.8 Å². The number of nitrogens with one attached hydrogen (secondary N) is 2. The van der Waals surface area contributed by atoms with E-state index >= 15 is 0 Å². The Hall–Kier alpha value is -4.16. The van der Waals surface area contributed by atoms with E-state index in [4.69, 9.17) is 20.9 Å². The number of benzene rings is 3. The van der Waals surface area contributed by atoms with Crippen LogP contribution in [0.2, 0.25) is 0 Å². The van der Waals surface area contributed by atoms with Gasteiger partial charge in [-0.25, -0.2) is 18.2 Å². The molecule has 0 saturated heterocycles. The van der Waals surface area contributed by atoms with Gasteiger partial charge < -0.3 is 19.3 Å². The number of ether oxygens (including phenoxy) is 2. The number of aryl methyl sites for hydroxylation is 1. The summed E-state index contributed by atoms with van der Waals surface area (Å²) in [6.07, 6.45) is -0.551. The molecular weight excluding hydrogens is 512 g/mol. The van der Waals surface area contributed by atoms with Crippen LogP contribution in [0.25, 0.3) is 10.8 Å². The normalized spacial score (nSPS) is 11.1. The van der Waals surface area contributed by atoms with Crippen LogP contribution in [0.1, 0.15) is 32.8 Å². The first-order valence-corrected chi connectivity index (χ1v) is 12.9. The highest BCUT2D eigenvalue weighted by Gasteiger charge is 2.16. The number of fused-ring (bicyclic) bond motifs is 1. The summed E-state index contributed by atoms with van der Waals surface area (Å²) in [5.41, 5.74) is 11.9. The van der Waals surface area contributed by atoms with E-state index in [1.807, 2.05) is 25.1 Å². The van der Waals surface area contributed by atoms with E-state index in [2.05, 4.69) is 10.3 Å². The molecule has 3 aromatic carbocycles. The predicted octanol–water partition coefficient (Wildman–Crippen LogP) is 1.54. The molecule has 38 heavy (non-hydrogen) atoms. The van der Waals surface area contributed by atoms with Crippen LogP contribution in [0.15, 0.2) is 65.6 Å². The quantitative estimate of drug-likeness (QED) is 0.117. The SMILES string of the molecule is CC(C)(C)OC(=O)NCCC(=O)Oc1cccc2cc([NH+]=C(N)N)ccc12.Cc1ccc(S(=O)(=O)[O-])cc1. The molecule has 204 valence electrons. The second-order valence-electron chi connectivity index (χ2n) is 9.19. The van der Waals surface area contributed by atoms with Crippen LogP contribution in [0.3, 0.4) is 0 Å². The molecule has 3 aromatic rings. The van der Waals surface area contributed by atoms with Crippen molar-refractivity contribution in [1.82, 2.24) is 5.32 Å². The molecule has 0 aliphatic rings. The molecule has 11 nitrogen and oxygen atoms in total. The fourth-order valence-corrected chi connectivity index (χ4v) is 3.52. The van der Waals surface area contributed by atoms with Gasteiger partial charge in [0.15, 0.2) is 0 Å². The number of rotatable bonds is 6. The van der Waals surface area contributed by atoms with Gasteiger partial charge in [0.2, 0.25) is 0 Å². The molecule has 6 N–H and O–H groups in total. The smallest absolute Gasteiger partial charge is 0.407 e. The Morgan fingerprint density at radius 1 is 1.03 bits per heavy atom. The lowest BCUT2D eigenvalue weighted by molar-refractivity contribution is -0.356. The van der Waals surface area contributed by atoms with Crippen molar-refractivity contribution in [2.24, 2.45) is 11.5 Å². The number of esters is 1. The first kappa shape index (κ1) is 30.1. The summed E-state index contributed by atoms with van der Waals surface area (Å²) < 4.78 is 41.7. The van der Waals surface area contributed by atoms with Gasteiger partial charge >= 0.3 is 18.0 Å². The summed E-state index contributed by atoms with van der Waals surface area (Å²) in [5, 5.41) is 4.15. The Morgan fingerprint density at radius 2 is 1.68 bits per heavy atom. The zero-order valence-electron chi connectivity index (χ0n) is 21.6. The second kappa shape index (κ2) is 12.9. The maximum Gasteiger partial charge on any atom is 0.407 e. The molecule has 1 amide bonds. The fraction of sp³-hybridized carbons (Fsp3) is 0.269. The standard InChI is InChI=1S/C19H24N4O4.C7H8O3S/c1-19(2,3)27-18(25)22-10-9-16(24)26-15-6-4-5-12-11-13(23-17(20)21)7-8-14(12)15;1-6-2-4-7(5-3-6)11(8,9)10/h4-8,11H,9-10H2,1-3H3,(H,22,25)(H4,20,21,23);2-5H,1H3,(H,8,9,10). The summed E-state index contributed by atoms with van der Waals surface area (Å²) >= 11 is 0. The van der Waals surface area contributed by atoms with E-state index in [9.17, 15) is 22.6 Å². The lowest BCUT2D eigenvalue weighted by atomic mass is 10.1. The zero-order valence-corrected chi connectivity index (χ0v) is 22.4. The molecule has 0 fully saturated rings. The van der Waals surface area contributed by atoms with E-state index < -0.39 is 27.8 Å². The highest BCUT2D eigenvalue weighted by atomic mass is 32.2. The van der Waals surface area contributed by atoms with Crippen molar-refractivity contribution in [2.45, 2.75) is 44.6 Å². The number of amides is 1. The minimum atomic E-state index is -4.27. The van der Waals surface area contributed by atoms with Crippen LogP contribution in [0.4, 0.5) is 10.5 Å². The predicted molar refractivity (Wildman–Crippen MR) is 142 cm³/mol. The maximum atomic E-state index is 12.1. The second-order valence-corrected chi connectivity index (χ2v) is 10.6. The number of nitrogens with two attached hydrogens (primary N) is 2. The molecule has 0 bridgehead atoms. The van der Waals surface area contributed by atoms with Crippen LogP contribution < -0.4 is 26.5 Å². The number of hydrogen-bond donors (Lipinski definition) is 4. The fourth-order valence-electron chi connectivity index (χ4n) is 3.05. The molecule has 0 atom stereocenters. The molecule has 0 saturated carbocycles. The van der Waals surface area contributed by atoms with Crippen molar-refractivity contribution in [3.8, 4) is 5.75 Å². The number of carbonyl (C=O) groups is 2. The van der Waals surface area contributed by atoms with Gasteiger partial charge in [-0.3, -0.25) is 16.3 Å². The van der Waals surface area contributed by atoms with E-state index in [1.165, 1.54) is 12.1 Å². The molecule has 0 radical (unpaired) electrons. The molecule has 0 aliphatic carbocycles. The third kappa shape index (κ3) is 10.4. The summed E-state index contributed by atoms with van der Waals surface area (Å²) in [6.45, 7) is 7.24. The molecule has 0 heterocycles. The first-order valence-electron chi connectivity index (χ1n) is 11.5. The molecule has 0 aliphatic heterocycles. The topological polar surface area (TPSA) is 188 Å². The van der Waals surface area contributed by atoms with E-state index in [-0.39, 0.29) is 23.8 Å². The largest absolute Gasteiger partial charge is 0.744 e. The maximum absolute atomic E-state index is 12.1. The highest BCUT2D eigenvalue weighted by Crippen LogP contribution is 2.27. The van der Waals surface area contributed by atoms with Gasteiger partial charge in [-0.05, 0) is 69.5 Å². The third-order valence-corrected chi connectivity index (χ3v) is 5.51. The van der Waals surface area contributed by atoms with Crippen LogP contribution >= 0.6 is 0 Å². The Balaban J connectivity index is 0.000000384. The Kier molecular flexibility index (Phi) is 10.2. The molecule has 0 spiro atoms. The molecule has 0 aromatic heterocycles. The summed E-state index contributed by atoms with van der Waals surface area (Å²) in [4.78, 5) is 26.3. The Labute approximate surface area is 221 Å². The van der Waals surface area contributed by atoms with E-state index in [0.29, 0.717) is 5.75 Å². The van der Waals surface area contributed by atoms with Gasteiger partial charge in [-0.15, -0.1) is 0 Å². The van der Waals surface area contributed by atoms with Crippen molar-refractivity contribution in [2.75, 3.05) is 6.54 Å². The van der Waals surface area contributed by atoms with Crippen molar-refractivity contribution < 1.29 is 37.0 Å². The lowest BCUT2D eigenvalue weighted by Gasteiger charge is -2.19. The van der Waals surface area contributed by atoms with E-state index in [0.717, 1.165) is 22.0 Å². The molecule has 0 unspecified atom stereocenters. The highest BCUT2D eigenvalue weighted by molar-refractivity contribution is 7.85. The number of hydrogen-bond acceptors (Lipinski definition) is 7. The average molecular weight is 545 g/mol. The minimum Gasteiger partial charge on any atom is -0.744 e. The van der Waals surface area contributed by atoms with Crippen LogP contribution in [-0.2, 0) is 19.6 Å². The Bertz CT molecular complexity index is 1410. The summed E-state index contributed by atoms with van der Waals surface area (Å²) in [5.74, 6) is 0.0701.